The molecule has 2 N–H and O–H groups in total. The molecule has 0 unspecified atom stereocenters. The fourth-order valence-electron chi connectivity index (χ4n) is 2.31. The second-order valence-corrected chi connectivity index (χ2v) is 4.99. The second kappa shape index (κ2) is 5.72. The van der Waals surface area contributed by atoms with Crippen LogP contribution < -0.4 is 5.73 Å². The smallest absolute Gasteiger partial charge is 0.0462 e. The van der Waals surface area contributed by atoms with Gasteiger partial charge in [0.05, 0.1) is 0 Å². The largest absolute Gasteiger partial charge is 0.385 e. The summed E-state index contributed by atoms with van der Waals surface area (Å²) in [5.74, 6) is 0.894. The molecule has 14 heavy (non-hydrogen) atoms. The highest BCUT2D eigenvalue weighted by Crippen LogP contribution is 2.33. The molecule has 0 radical (unpaired) electrons. The Morgan fingerprint density at radius 1 is 1.29 bits per heavy atom. The molecule has 84 valence electrons. The fraction of sp³-hybridized carbons (Fsp3) is 1.00. The van der Waals surface area contributed by atoms with Gasteiger partial charge >= 0.3 is 0 Å². The van der Waals surface area contributed by atoms with E-state index in [1.807, 2.05) is 0 Å². The Kier molecular flexibility index (Phi) is 4.90. The number of hydrogen-bond donors (Lipinski definition) is 1. The first-order chi connectivity index (χ1) is 6.66. The van der Waals surface area contributed by atoms with Gasteiger partial charge in [0, 0.05) is 19.3 Å². The highest BCUT2D eigenvalue weighted by molar-refractivity contribution is 4.88. The third kappa shape index (κ3) is 3.97. The third-order valence-electron chi connectivity index (χ3n) is 3.54. The van der Waals surface area contributed by atoms with Crippen LogP contribution in [0.15, 0.2) is 0 Å². The Morgan fingerprint density at radius 3 is 2.50 bits per heavy atom. The summed E-state index contributed by atoms with van der Waals surface area (Å²) in [5, 5.41) is 0. The quantitative estimate of drug-likeness (QED) is 0.691. The minimum atomic E-state index is 0.153. The van der Waals surface area contributed by atoms with Gasteiger partial charge in [0.2, 0.25) is 0 Å². The third-order valence-corrected chi connectivity index (χ3v) is 3.54. The Bertz CT molecular complexity index is 150. The van der Waals surface area contributed by atoms with Gasteiger partial charge in [-0.25, -0.2) is 0 Å². The van der Waals surface area contributed by atoms with Crippen LogP contribution in [0.25, 0.3) is 0 Å². The molecular formula is C12H25NO. The molecule has 0 heterocycles. The molecule has 0 aromatic rings. The first kappa shape index (κ1) is 12.0. The lowest BCUT2D eigenvalue weighted by atomic mass is 9.75. The van der Waals surface area contributed by atoms with Gasteiger partial charge in [-0.2, -0.15) is 0 Å². The summed E-state index contributed by atoms with van der Waals surface area (Å²) in [6.07, 6.45) is 8.65. The number of hydrogen-bond acceptors (Lipinski definition) is 2. The van der Waals surface area contributed by atoms with Gasteiger partial charge in [0.25, 0.3) is 0 Å². The van der Waals surface area contributed by atoms with Crippen LogP contribution in [0.1, 0.15) is 51.9 Å². The maximum atomic E-state index is 6.36. The Morgan fingerprint density at radius 2 is 1.93 bits per heavy atom. The van der Waals surface area contributed by atoms with Gasteiger partial charge < -0.3 is 10.5 Å². The summed E-state index contributed by atoms with van der Waals surface area (Å²) in [7, 11) is 1.76. The van der Waals surface area contributed by atoms with Crippen molar-refractivity contribution in [3.63, 3.8) is 0 Å². The van der Waals surface area contributed by atoms with Gasteiger partial charge in [-0.1, -0.05) is 6.92 Å². The molecule has 0 saturated heterocycles. The highest BCUT2D eigenvalue weighted by Gasteiger charge is 2.29. The first-order valence-electron chi connectivity index (χ1n) is 5.94. The van der Waals surface area contributed by atoms with E-state index >= 15 is 0 Å². The van der Waals surface area contributed by atoms with Crippen molar-refractivity contribution in [2.24, 2.45) is 11.7 Å². The first-order valence-corrected chi connectivity index (χ1v) is 5.94. The predicted molar refractivity (Wildman–Crippen MR) is 60.3 cm³/mol. The van der Waals surface area contributed by atoms with Crippen molar-refractivity contribution < 1.29 is 4.74 Å². The summed E-state index contributed by atoms with van der Waals surface area (Å²) in [5.41, 5.74) is 6.52. The Balaban J connectivity index is 2.15. The summed E-state index contributed by atoms with van der Waals surface area (Å²) < 4.78 is 5.04. The maximum Gasteiger partial charge on any atom is 0.0462 e. The van der Waals surface area contributed by atoms with Crippen molar-refractivity contribution in [2.75, 3.05) is 13.7 Å². The van der Waals surface area contributed by atoms with E-state index in [2.05, 4.69) is 6.92 Å². The number of rotatable bonds is 5. The average molecular weight is 199 g/mol. The van der Waals surface area contributed by atoms with Crippen molar-refractivity contribution in [1.82, 2.24) is 0 Å². The van der Waals surface area contributed by atoms with Gasteiger partial charge in [-0.05, 0) is 50.9 Å². The zero-order valence-electron chi connectivity index (χ0n) is 9.72. The maximum absolute atomic E-state index is 6.36. The van der Waals surface area contributed by atoms with Crippen molar-refractivity contribution in [2.45, 2.75) is 57.4 Å². The van der Waals surface area contributed by atoms with Crippen molar-refractivity contribution in [3.8, 4) is 0 Å². The molecule has 1 rings (SSSR count). The standard InChI is InChI=1S/C12H25NO/c1-11-5-8-12(13,9-6-11)7-3-4-10-14-2/h11H,3-10,13H2,1-2H3. The zero-order valence-corrected chi connectivity index (χ0v) is 9.72. The van der Waals surface area contributed by atoms with Crippen LogP contribution in [0, 0.1) is 5.92 Å². The molecule has 0 aromatic carbocycles. The Labute approximate surface area is 88.2 Å². The van der Waals surface area contributed by atoms with E-state index in [-0.39, 0.29) is 5.54 Å². The van der Waals surface area contributed by atoms with Crippen molar-refractivity contribution in [1.29, 1.82) is 0 Å². The van der Waals surface area contributed by atoms with Crippen molar-refractivity contribution in [3.05, 3.63) is 0 Å². The molecule has 1 fully saturated rings. The van der Waals surface area contributed by atoms with Crippen LogP contribution >= 0.6 is 0 Å². The average Bonchev–Trinajstić information content (AvgIpc) is 2.18. The molecule has 0 amide bonds. The van der Waals surface area contributed by atoms with E-state index < -0.39 is 0 Å². The molecule has 1 aliphatic carbocycles. The van der Waals surface area contributed by atoms with Gasteiger partial charge in [0.1, 0.15) is 0 Å². The molecule has 1 aliphatic rings. The topological polar surface area (TPSA) is 35.2 Å². The highest BCUT2D eigenvalue weighted by atomic mass is 16.5. The lowest BCUT2D eigenvalue weighted by Crippen LogP contribution is -2.42. The van der Waals surface area contributed by atoms with E-state index in [4.69, 9.17) is 10.5 Å². The van der Waals surface area contributed by atoms with E-state index in [0.29, 0.717) is 0 Å². The van der Waals surface area contributed by atoms with Gasteiger partial charge in [-0.3, -0.25) is 0 Å². The number of nitrogens with two attached hydrogens (primary N) is 1. The van der Waals surface area contributed by atoms with Gasteiger partial charge in [0.15, 0.2) is 0 Å². The number of unbranched alkanes of at least 4 members (excludes halogenated alkanes) is 1. The summed E-state index contributed by atoms with van der Waals surface area (Å²) in [4.78, 5) is 0. The summed E-state index contributed by atoms with van der Waals surface area (Å²) in [6.45, 7) is 3.22. The molecule has 0 aliphatic heterocycles. The molecule has 2 nitrogen and oxygen atoms in total. The number of methoxy groups -OCH3 is 1. The molecule has 0 spiro atoms. The van der Waals surface area contributed by atoms with Crippen LogP contribution in [-0.4, -0.2) is 19.3 Å². The zero-order chi connectivity index (χ0) is 10.4. The Hall–Kier alpha value is -0.0800. The SMILES string of the molecule is COCCCCC1(N)CCC(C)CC1. The molecule has 1 saturated carbocycles. The van der Waals surface area contributed by atoms with E-state index in [9.17, 15) is 0 Å². The molecule has 0 bridgehead atoms. The van der Waals surface area contributed by atoms with Crippen LogP contribution in [0.3, 0.4) is 0 Å². The van der Waals surface area contributed by atoms with Crippen LogP contribution in [0.4, 0.5) is 0 Å². The molecule has 2 heteroatoms. The predicted octanol–water partition coefficient (Wildman–Crippen LogP) is 2.71. The fourth-order valence-corrected chi connectivity index (χ4v) is 2.31. The van der Waals surface area contributed by atoms with Crippen LogP contribution in [0.5, 0.6) is 0 Å². The molecule has 0 aromatic heterocycles. The summed E-state index contributed by atoms with van der Waals surface area (Å²) in [6, 6.07) is 0. The van der Waals surface area contributed by atoms with Gasteiger partial charge in [-0.15, -0.1) is 0 Å². The monoisotopic (exact) mass is 199 g/mol. The van der Waals surface area contributed by atoms with Crippen molar-refractivity contribution >= 4 is 0 Å². The normalized spacial score (nSPS) is 33.2. The van der Waals surface area contributed by atoms with Crippen LogP contribution in [-0.2, 0) is 4.74 Å². The lowest BCUT2D eigenvalue weighted by molar-refractivity contribution is 0.180. The number of ether oxygens (including phenoxy) is 1. The lowest BCUT2D eigenvalue weighted by Gasteiger charge is -2.36. The molecular weight excluding hydrogens is 174 g/mol. The van der Waals surface area contributed by atoms with Crippen LogP contribution in [0.2, 0.25) is 0 Å². The minimum absolute atomic E-state index is 0.153. The summed E-state index contributed by atoms with van der Waals surface area (Å²) >= 11 is 0. The van der Waals surface area contributed by atoms with E-state index in [0.717, 1.165) is 18.9 Å². The minimum Gasteiger partial charge on any atom is -0.385 e. The molecule has 0 atom stereocenters. The van der Waals surface area contributed by atoms with E-state index in [1.54, 1.807) is 7.11 Å². The van der Waals surface area contributed by atoms with E-state index in [1.165, 1.54) is 38.5 Å². The second-order valence-electron chi connectivity index (χ2n) is 4.99.